The third-order valence-electron chi connectivity index (χ3n) is 1.17. The first-order valence-corrected chi connectivity index (χ1v) is 4.39. The number of hydrogen-bond donors (Lipinski definition) is 2. The molecule has 0 atom stereocenters. The van der Waals surface area contributed by atoms with Crippen LogP contribution in [0.2, 0.25) is 0 Å². The van der Waals surface area contributed by atoms with Crippen molar-refractivity contribution >= 4 is 22.4 Å². The Kier molecular flexibility index (Phi) is 2.98. The summed E-state index contributed by atoms with van der Waals surface area (Å²) >= 11 is 1.24. The molecule has 1 aromatic heterocycles. The minimum Gasteiger partial charge on any atom is -0.363 e. The highest BCUT2D eigenvalue weighted by Crippen LogP contribution is 2.13. The molecule has 0 aliphatic heterocycles. The van der Waals surface area contributed by atoms with E-state index in [-0.39, 0.29) is 5.91 Å². The van der Waals surface area contributed by atoms with Crippen LogP contribution < -0.4 is 10.6 Å². The second-order valence-electron chi connectivity index (χ2n) is 2.02. The molecule has 66 valence electrons. The van der Waals surface area contributed by atoms with Crippen molar-refractivity contribution in [1.82, 2.24) is 15.5 Å². The standard InChI is InChI=1S/C6H10N4OS/c1-3-8-4(11)5-9-10-6(7-2)12-5/h3H2,1-2H3,(H,7,10)(H,8,11). The summed E-state index contributed by atoms with van der Waals surface area (Å²) in [7, 11) is 1.74. The Morgan fingerprint density at radius 3 is 2.83 bits per heavy atom. The van der Waals surface area contributed by atoms with Gasteiger partial charge in [-0.25, -0.2) is 0 Å². The molecule has 0 aromatic carbocycles. The van der Waals surface area contributed by atoms with Crippen molar-refractivity contribution in [1.29, 1.82) is 0 Å². The van der Waals surface area contributed by atoms with E-state index in [0.717, 1.165) is 0 Å². The number of amides is 1. The number of anilines is 1. The summed E-state index contributed by atoms with van der Waals surface area (Å²) in [5.74, 6) is -0.170. The van der Waals surface area contributed by atoms with Crippen LogP contribution in [-0.2, 0) is 0 Å². The molecular weight excluding hydrogens is 176 g/mol. The fraction of sp³-hybridized carbons (Fsp3) is 0.500. The van der Waals surface area contributed by atoms with Gasteiger partial charge in [0.1, 0.15) is 0 Å². The minimum absolute atomic E-state index is 0.170. The van der Waals surface area contributed by atoms with E-state index in [4.69, 9.17) is 0 Å². The van der Waals surface area contributed by atoms with E-state index >= 15 is 0 Å². The van der Waals surface area contributed by atoms with Gasteiger partial charge < -0.3 is 10.6 Å². The van der Waals surface area contributed by atoms with Crippen molar-refractivity contribution in [3.63, 3.8) is 0 Å². The van der Waals surface area contributed by atoms with Gasteiger partial charge in [-0.1, -0.05) is 11.3 Å². The average molecular weight is 186 g/mol. The summed E-state index contributed by atoms with van der Waals surface area (Å²) in [6.07, 6.45) is 0. The van der Waals surface area contributed by atoms with E-state index in [1.54, 1.807) is 7.05 Å². The fourth-order valence-electron chi connectivity index (χ4n) is 0.652. The van der Waals surface area contributed by atoms with Crippen LogP contribution in [0.1, 0.15) is 16.7 Å². The Morgan fingerprint density at radius 1 is 1.58 bits per heavy atom. The summed E-state index contributed by atoms with van der Waals surface area (Å²) in [4.78, 5) is 11.1. The van der Waals surface area contributed by atoms with Gasteiger partial charge in [-0.15, -0.1) is 10.2 Å². The van der Waals surface area contributed by atoms with Gasteiger partial charge in [0.25, 0.3) is 5.91 Å². The van der Waals surface area contributed by atoms with E-state index in [9.17, 15) is 4.79 Å². The lowest BCUT2D eigenvalue weighted by Crippen LogP contribution is -2.22. The van der Waals surface area contributed by atoms with E-state index in [0.29, 0.717) is 16.7 Å². The molecule has 12 heavy (non-hydrogen) atoms. The minimum atomic E-state index is -0.170. The molecule has 0 saturated heterocycles. The Balaban J connectivity index is 2.68. The topological polar surface area (TPSA) is 66.9 Å². The first-order valence-electron chi connectivity index (χ1n) is 3.57. The van der Waals surface area contributed by atoms with Crippen LogP contribution in [0.5, 0.6) is 0 Å². The first kappa shape index (κ1) is 8.92. The Hall–Kier alpha value is -1.17. The molecule has 0 aliphatic carbocycles. The van der Waals surface area contributed by atoms with Gasteiger partial charge in [-0.3, -0.25) is 4.79 Å². The second kappa shape index (κ2) is 4.01. The monoisotopic (exact) mass is 186 g/mol. The van der Waals surface area contributed by atoms with Crippen molar-refractivity contribution in [2.75, 3.05) is 18.9 Å². The average Bonchev–Trinajstić information content (AvgIpc) is 2.52. The zero-order valence-corrected chi connectivity index (χ0v) is 7.73. The Morgan fingerprint density at radius 2 is 2.33 bits per heavy atom. The molecule has 0 fully saturated rings. The highest BCUT2D eigenvalue weighted by Gasteiger charge is 2.09. The maximum atomic E-state index is 11.1. The van der Waals surface area contributed by atoms with Crippen LogP contribution >= 0.6 is 11.3 Å². The second-order valence-corrected chi connectivity index (χ2v) is 3.00. The van der Waals surface area contributed by atoms with Crippen molar-refractivity contribution in [2.24, 2.45) is 0 Å². The molecule has 0 saturated carbocycles. The van der Waals surface area contributed by atoms with Crippen molar-refractivity contribution in [2.45, 2.75) is 6.92 Å². The molecule has 5 nitrogen and oxygen atoms in total. The highest BCUT2D eigenvalue weighted by atomic mass is 32.1. The number of carbonyl (C=O) groups excluding carboxylic acids is 1. The van der Waals surface area contributed by atoms with Crippen LogP contribution in [0.25, 0.3) is 0 Å². The van der Waals surface area contributed by atoms with Crippen molar-refractivity contribution < 1.29 is 4.79 Å². The maximum Gasteiger partial charge on any atom is 0.282 e. The molecular formula is C6H10N4OS. The molecule has 2 N–H and O–H groups in total. The molecule has 6 heteroatoms. The Labute approximate surface area is 74.2 Å². The SMILES string of the molecule is CCNC(=O)c1nnc(NC)s1. The molecule has 0 unspecified atom stereocenters. The summed E-state index contributed by atoms with van der Waals surface area (Å²) in [5, 5.41) is 13.9. The van der Waals surface area contributed by atoms with Gasteiger partial charge in [0.05, 0.1) is 0 Å². The molecule has 0 bridgehead atoms. The quantitative estimate of drug-likeness (QED) is 0.714. The molecule has 0 radical (unpaired) electrons. The number of nitrogens with zero attached hydrogens (tertiary/aromatic N) is 2. The number of carbonyl (C=O) groups is 1. The smallest absolute Gasteiger partial charge is 0.282 e. The molecule has 1 amide bonds. The summed E-state index contributed by atoms with van der Waals surface area (Å²) in [6, 6.07) is 0. The lowest BCUT2D eigenvalue weighted by atomic mass is 10.6. The van der Waals surface area contributed by atoms with Gasteiger partial charge in [-0.05, 0) is 6.92 Å². The molecule has 1 heterocycles. The van der Waals surface area contributed by atoms with Gasteiger partial charge in [0, 0.05) is 13.6 Å². The predicted molar refractivity (Wildman–Crippen MR) is 47.5 cm³/mol. The molecule has 1 rings (SSSR count). The predicted octanol–water partition coefficient (Wildman–Crippen LogP) is 0.330. The lowest BCUT2D eigenvalue weighted by molar-refractivity contribution is 0.0954. The number of aromatic nitrogens is 2. The van der Waals surface area contributed by atoms with Crippen molar-refractivity contribution in [3.8, 4) is 0 Å². The normalized spacial score (nSPS) is 9.50. The van der Waals surface area contributed by atoms with Crippen LogP contribution in [0.3, 0.4) is 0 Å². The molecule has 0 spiro atoms. The fourth-order valence-corrected chi connectivity index (χ4v) is 1.27. The summed E-state index contributed by atoms with van der Waals surface area (Å²) in [5.41, 5.74) is 0. The van der Waals surface area contributed by atoms with Crippen LogP contribution in [-0.4, -0.2) is 29.7 Å². The zero-order valence-electron chi connectivity index (χ0n) is 6.92. The van der Waals surface area contributed by atoms with Gasteiger partial charge in [0.15, 0.2) is 0 Å². The molecule has 0 aliphatic rings. The summed E-state index contributed by atoms with van der Waals surface area (Å²) in [6.45, 7) is 2.46. The number of rotatable bonds is 3. The largest absolute Gasteiger partial charge is 0.363 e. The van der Waals surface area contributed by atoms with E-state index in [1.807, 2.05) is 6.92 Å². The third-order valence-corrected chi connectivity index (χ3v) is 2.11. The van der Waals surface area contributed by atoms with E-state index in [1.165, 1.54) is 11.3 Å². The van der Waals surface area contributed by atoms with Gasteiger partial charge in [-0.2, -0.15) is 0 Å². The van der Waals surface area contributed by atoms with Crippen LogP contribution in [0, 0.1) is 0 Å². The third kappa shape index (κ3) is 1.91. The lowest BCUT2D eigenvalue weighted by Gasteiger charge is -1.94. The van der Waals surface area contributed by atoms with E-state index < -0.39 is 0 Å². The van der Waals surface area contributed by atoms with Crippen molar-refractivity contribution in [3.05, 3.63) is 5.01 Å². The van der Waals surface area contributed by atoms with Crippen LogP contribution in [0.15, 0.2) is 0 Å². The number of nitrogens with one attached hydrogen (secondary N) is 2. The van der Waals surface area contributed by atoms with Crippen LogP contribution in [0.4, 0.5) is 5.13 Å². The maximum absolute atomic E-state index is 11.1. The van der Waals surface area contributed by atoms with Gasteiger partial charge >= 0.3 is 0 Å². The zero-order chi connectivity index (χ0) is 8.97. The summed E-state index contributed by atoms with van der Waals surface area (Å²) < 4.78 is 0. The van der Waals surface area contributed by atoms with E-state index in [2.05, 4.69) is 20.8 Å². The first-order chi connectivity index (χ1) is 5.77. The molecule has 1 aromatic rings. The highest BCUT2D eigenvalue weighted by molar-refractivity contribution is 7.17. The Bertz CT molecular complexity index is 272. The number of hydrogen-bond acceptors (Lipinski definition) is 5. The van der Waals surface area contributed by atoms with Gasteiger partial charge in [0.2, 0.25) is 10.1 Å².